The largest absolute Gasteiger partial charge is 0.493 e. The Morgan fingerprint density at radius 2 is 1.74 bits per heavy atom. The van der Waals surface area contributed by atoms with Gasteiger partial charge in [-0.05, 0) is 24.5 Å². The van der Waals surface area contributed by atoms with Crippen LogP contribution in [0.3, 0.4) is 0 Å². The molecule has 0 spiro atoms. The summed E-state index contributed by atoms with van der Waals surface area (Å²) in [6.07, 6.45) is 0.266. The standard InChI is InChI=1S/C19H29N3O5/c1-7-13(23)10-20-16(11(2)3)19-21-18(22-27-19)12-8-14(24-4)17(26-6)15(9-12)25-5/h8-9,11,13,16,20,23H,7,10H2,1-6H3/t13-,16-/m1/s1. The number of nitrogens with zero attached hydrogens (tertiary/aromatic N) is 2. The first kappa shape index (κ1) is 21.0. The number of hydrogen-bond donors (Lipinski definition) is 2. The van der Waals surface area contributed by atoms with Crippen molar-refractivity contribution < 1.29 is 23.8 Å². The maximum atomic E-state index is 9.81. The van der Waals surface area contributed by atoms with Crippen LogP contribution in [-0.4, -0.2) is 49.2 Å². The molecular formula is C19H29N3O5. The molecule has 2 aromatic rings. The van der Waals surface area contributed by atoms with Crippen molar-refractivity contribution in [2.24, 2.45) is 5.92 Å². The molecule has 8 heteroatoms. The van der Waals surface area contributed by atoms with Crippen LogP contribution < -0.4 is 19.5 Å². The number of methoxy groups -OCH3 is 3. The van der Waals surface area contributed by atoms with Gasteiger partial charge in [0.25, 0.3) is 0 Å². The van der Waals surface area contributed by atoms with Gasteiger partial charge in [0, 0.05) is 12.1 Å². The number of benzene rings is 1. The van der Waals surface area contributed by atoms with Gasteiger partial charge in [-0.25, -0.2) is 0 Å². The number of aliphatic hydroxyl groups is 1. The lowest BCUT2D eigenvalue weighted by Gasteiger charge is -2.20. The van der Waals surface area contributed by atoms with Crippen molar-refractivity contribution in [3.63, 3.8) is 0 Å². The Kier molecular flexibility index (Phi) is 7.44. The van der Waals surface area contributed by atoms with Crippen LogP contribution in [0.4, 0.5) is 0 Å². The monoisotopic (exact) mass is 379 g/mol. The molecule has 0 fully saturated rings. The molecule has 0 amide bonds. The Bertz CT molecular complexity index is 707. The van der Waals surface area contributed by atoms with Crippen LogP contribution in [0.5, 0.6) is 17.2 Å². The molecule has 27 heavy (non-hydrogen) atoms. The Morgan fingerprint density at radius 3 is 2.22 bits per heavy atom. The summed E-state index contributed by atoms with van der Waals surface area (Å²) >= 11 is 0. The third-order valence-corrected chi connectivity index (χ3v) is 4.34. The molecule has 2 rings (SSSR count). The molecule has 0 unspecified atom stereocenters. The maximum Gasteiger partial charge on any atom is 0.244 e. The van der Waals surface area contributed by atoms with Crippen LogP contribution in [0.15, 0.2) is 16.7 Å². The van der Waals surface area contributed by atoms with Gasteiger partial charge in [0.1, 0.15) is 0 Å². The summed E-state index contributed by atoms with van der Waals surface area (Å²) in [7, 11) is 4.66. The van der Waals surface area contributed by atoms with E-state index in [1.165, 1.54) is 0 Å². The van der Waals surface area contributed by atoms with Crippen LogP contribution in [0.2, 0.25) is 0 Å². The third kappa shape index (κ3) is 4.90. The van der Waals surface area contributed by atoms with Gasteiger partial charge >= 0.3 is 0 Å². The van der Waals surface area contributed by atoms with E-state index >= 15 is 0 Å². The van der Waals surface area contributed by atoms with Gasteiger partial charge in [0.2, 0.25) is 17.5 Å². The second-order valence-electron chi connectivity index (χ2n) is 6.56. The minimum atomic E-state index is -0.413. The lowest BCUT2D eigenvalue weighted by atomic mass is 10.0. The quantitative estimate of drug-likeness (QED) is 0.650. The molecule has 8 nitrogen and oxygen atoms in total. The number of aromatic nitrogens is 2. The fourth-order valence-electron chi connectivity index (χ4n) is 2.70. The van der Waals surface area contributed by atoms with E-state index in [-0.39, 0.29) is 12.0 Å². The smallest absolute Gasteiger partial charge is 0.244 e. The maximum absolute atomic E-state index is 9.81. The lowest BCUT2D eigenvalue weighted by Crippen LogP contribution is -2.32. The molecule has 0 aliphatic rings. The molecule has 0 radical (unpaired) electrons. The molecular weight excluding hydrogens is 350 g/mol. The fourth-order valence-corrected chi connectivity index (χ4v) is 2.70. The Balaban J connectivity index is 2.32. The summed E-state index contributed by atoms with van der Waals surface area (Å²) in [6.45, 7) is 6.51. The number of rotatable bonds is 10. The topological polar surface area (TPSA) is 98.9 Å². The molecule has 2 N–H and O–H groups in total. The van der Waals surface area contributed by atoms with Gasteiger partial charge in [0.15, 0.2) is 11.5 Å². The van der Waals surface area contributed by atoms with Gasteiger partial charge in [-0.1, -0.05) is 25.9 Å². The summed E-state index contributed by atoms with van der Waals surface area (Å²) in [5, 5.41) is 17.2. The van der Waals surface area contributed by atoms with Crippen molar-refractivity contribution in [2.75, 3.05) is 27.9 Å². The summed E-state index contributed by atoms with van der Waals surface area (Å²) in [5.74, 6) is 2.64. The van der Waals surface area contributed by atoms with E-state index in [1.54, 1.807) is 33.5 Å². The van der Waals surface area contributed by atoms with Crippen LogP contribution in [0.1, 0.15) is 39.1 Å². The molecule has 1 heterocycles. The Morgan fingerprint density at radius 1 is 1.11 bits per heavy atom. The van der Waals surface area contributed by atoms with E-state index < -0.39 is 6.10 Å². The summed E-state index contributed by atoms with van der Waals surface area (Å²) in [6, 6.07) is 3.39. The molecule has 0 aliphatic heterocycles. The minimum absolute atomic E-state index is 0.158. The van der Waals surface area contributed by atoms with Gasteiger partial charge in [0.05, 0.1) is 33.5 Å². The van der Waals surface area contributed by atoms with Crippen molar-refractivity contribution >= 4 is 0 Å². The predicted molar refractivity (Wildman–Crippen MR) is 101 cm³/mol. The first-order valence-corrected chi connectivity index (χ1v) is 9.00. The number of aliphatic hydroxyl groups excluding tert-OH is 1. The van der Waals surface area contributed by atoms with E-state index in [1.807, 2.05) is 6.92 Å². The lowest BCUT2D eigenvalue weighted by molar-refractivity contribution is 0.154. The highest BCUT2D eigenvalue weighted by molar-refractivity contribution is 5.66. The SMILES string of the molecule is CC[C@@H](O)CN[C@@H](c1nc(-c2cc(OC)c(OC)c(OC)c2)no1)C(C)C. The average molecular weight is 379 g/mol. The highest BCUT2D eigenvalue weighted by Gasteiger charge is 2.24. The molecule has 1 aromatic heterocycles. The van der Waals surface area contributed by atoms with E-state index in [0.717, 1.165) is 0 Å². The number of hydrogen-bond acceptors (Lipinski definition) is 8. The number of nitrogens with one attached hydrogen (secondary N) is 1. The van der Waals surface area contributed by atoms with Gasteiger partial charge in [-0.15, -0.1) is 0 Å². The van der Waals surface area contributed by atoms with Crippen molar-refractivity contribution in [1.82, 2.24) is 15.5 Å². The van der Waals surface area contributed by atoms with Gasteiger partial charge in [-0.2, -0.15) is 4.98 Å². The second kappa shape index (κ2) is 9.57. The Hall–Kier alpha value is -2.32. The molecule has 0 saturated heterocycles. The molecule has 150 valence electrons. The van der Waals surface area contributed by atoms with E-state index in [4.69, 9.17) is 18.7 Å². The zero-order chi connectivity index (χ0) is 20.0. The van der Waals surface area contributed by atoms with E-state index in [9.17, 15) is 5.11 Å². The molecule has 0 bridgehead atoms. The zero-order valence-electron chi connectivity index (χ0n) is 16.8. The highest BCUT2D eigenvalue weighted by atomic mass is 16.5. The number of ether oxygens (including phenoxy) is 3. The van der Waals surface area contributed by atoms with Crippen molar-refractivity contribution in [3.8, 4) is 28.6 Å². The van der Waals surface area contributed by atoms with Crippen molar-refractivity contribution in [1.29, 1.82) is 0 Å². The normalized spacial score (nSPS) is 13.5. The fraction of sp³-hybridized carbons (Fsp3) is 0.579. The highest BCUT2D eigenvalue weighted by Crippen LogP contribution is 2.40. The molecule has 0 saturated carbocycles. The Labute approximate surface area is 159 Å². The van der Waals surface area contributed by atoms with Crippen molar-refractivity contribution in [2.45, 2.75) is 39.3 Å². The molecule has 2 atom stereocenters. The average Bonchev–Trinajstić information content (AvgIpc) is 3.16. The minimum Gasteiger partial charge on any atom is -0.493 e. The van der Waals surface area contributed by atoms with E-state index in [2.05, 4.69) is 29.3 Å². The van der Waals surface area contributed by atoms with Crippen LogP contribution in [0, 0.1) is 5.92 Å². The first-order chi connectivity index (χ1) is 12.9. The van der Waals surface area contributed by atoms with E-state index in [0.29, 0.717) is 47.5 Å². The second-order valence-corrected chi connectivity index (χ2v) is 6.56. The third-order valence-electron chi connectivity index (χ3n) is 4.34. The van der Waals surface area contributed by atoms with Gasteiger partial charge in [-0.3, -0.25) is 0 Å². The van der Waals surface area contributed by atoms with Crippen LogP contribution in [-0.2, 0) is 0 Å². The molecule has 1 aromatic carbocycles. The van der Waals surface area contributed by atoms with Gasteiger partial charge < -0.3 is 29.2 Å². The molecule has 0 aliphatic carbocycles. The summed E-state index contributed by atoms with van der Waals surface area (Å²) < 4.78 is 21.6. The predicted octanol–water partition coefficient (Wildman–Crippen LogP) is 2.82. The van der Waals surface area contributed by atoms with Crippen LogP contribution >= 0.6 is 0 Å². The zero-order valence-corrected chi connectivity index (χ0v) is 16.8. The van der Waals surface area contributed by atoms with Crippen LogP contribution in [0.25, 0.3) is 11.4 Å². The first-order valence-electron chi connectivity index (χ1n) is 9.00. The van der Waals surface area contributed by atoms with Crippen molar-refractivity contribution in [3.05, 3.63) is 18.0 Å². The summed E-state index contributed by atoms with van der Waals surface area (Å²) in [4.78, 5) is 4.54. The summed E-state index contributed by atoms with van der Waals surface area (Å²) in [5.41, 5.74) is 0.690.